The van der Waals surface area contributed by atoms with Crippen LogP contribution < -0.4 is 4.90 Å². The van der Waals surface area contributed by atoms with E-state index < -0.39 is 0 Å². The number of nitrogens with zero attached hydrogens (tertiary/aromatic N) is 2. The number of rotatable bonds is 7. The van der Waals surface area contributed by atoms with Gasteiger partial charge < -0.3 is 9.47 Å². The van der Waals surface area contributed by atoms with E-state index in [0.29, 0.717) is 0 Å². The highest BCUT2D eigenvalue weighted by Gasteiger charge is 2.38. The van der Waals surface area contributed by atoms with Gasteiger partial charge in [-0.25, -0.2) is 0 Å². The minimum atomic E-state index is -0.210. The van der Waals surface area contributed by atoms with Crippen LogP contribution in [0.15, 0.2) is 218 Å². The van der Waals surface area contributed by atoms with Crippen LogP contribution in [0, 0.1) is 0 Å². The smallest absolute Gasteiger partial charge is 0.0541 e. The minimum Gasteiger partial charge on any atom is -0.311 e. The quantitative estimate of drug-likeness (QED) is 0.157. The molecule has 0 unspecified atom stereocenters. The van der Waals surface area contributed by atoms with E-state index in [9.17, 15) is 0 Å². The third-order valence-corrected chi connectivity index (χ3v) is 12.4. The van der Waals surface area contributed by atoms with Crippen LogP contribution >= 0.6 is 0 Å². The molecule has 0 saturated carbocycles. The zero-order valence-corrected chi connectivity index (χ0v) is 33.2. The summed E-state index contributed by atoms with van der Waals surface area (Å²) in [6.45, 7) is 4.79. The summed E-state index contributed by atoms with van der Waals surface area (Å²) in [6, 6.07) is 79.6. The van der Waals surface area contributed by atoms with Gasteiger partial charge in [-0.2, -0.15) is 0 Å². The van der Waals surface area contributed by atoms with E-state index in [1.807, 2.05) is 0 Å². The van der Waals surface area contributed by atoms with Crippen molar-refractivity contribution in [2.75, 3.05) is 4.90 Å². The van der Waals surface area contributed by atoms with Crippen LogP contribution in [0.4, 0.5) is 17.1 Å². The molecule has 2 heteroatoms. The highest BCUT2D eigenvalue weighted by atomic mass is 15.1. The molecule has 0 spiro atoms. The first-order valence-electron chi connectivity index (χ1n) is 20.5. The Morgan fingerprint density at radius 2 is 0.780 bits per heavy atom. The molecule has 0 radical (unpaired) electrons. The molecule has 11 rings (SSSR count). The van der Waals surface area contributed by atoms with Gasteiger partial charge in [0.1, 0.15) is 0 Å². The fraction of sp³-hybridized carbons (Fsp3) is 0.0526. The van der Waals surface area contributed by atoms with E-state index in [2.05, 4.69) is 242 Å². The number of benzene rings is 9. The molecule has 0 aliphatic heterocycles. The first kappa shape index (κ1) is 34.8. The third kappa shape index (κ3) is 5.79. The number of aromatic nitrogens is 1. The summed E-state index contributed by atoms with van der Waals surface area (Å²) >= 11 is 0. The average molecular weight is 755 g/mol. The van der Waals surface area contributed by atoms with Crippen molar-refractivity contribution in [3.63, 3.8) is 0 Å². The second-order valence-electron chi connectivity index (χ2n) is 16.2. The van der Waals surface area contributed by atoms with E-state index in [-0.39, 0.29) is 5.41 Å². The molecule has 1 aromatic heterocycles. The fourth-order valence-electron chi connectivity index (χ4n) is 9.52. The minimum absolute atomic E-state index is 0.210. The van der Waals surface area contributed by atoms with Crippen molar-refractivity contribution in [2.45, 2.75) is 19.3 Å². The van der Waals surface area contributed by atoms with Crippen molar-refractivity contribution in [1.82, 2.24) is 4.57 Å². The van der Waals surface area contributed by atoms with E-state index in [1.54, 1.807) is 0 Å². The van der Waals surface area contributed by atoms with Gasteiger partial charge in [0, 0.05) is 33.2 Å². The highest BCUT2D eigenvalue weighted by Crippen LogP contribution is 2.53. The normalized spacial score (nSPS) is 12.7. The van der Waals surface area contributed by atoms with Gasteiger partial charge in [-0.15, -0.1) is 0 Å². The van der Waals surface area contributed by atoms with Crippen LogP contribution in [-0.2, 0) is 5.41 Å². The Morgan fingerprint density at radius 1 is 0.356 bits per heavy atom. The molecule has 0 N–H and O–H groups in total. The lowest BCUT2D eigenvalue weighted by Crippen LogP contribution is -2.18. The van der Waals surface area contributed by atoms with Gasteiger partial charge in [0.2, 0.25) is 0 Å². The Labute approximate surface area is 345 Å². The molecule has 0 saturated heterocycles. The maximum atomic E-state index is 2.48. The van der Waals surface area contributed by atoms with Gasteiger partial charge in [-0.1, -0.05) is 172 Å². The Bertz CT molecular complexity index is 3000. The van der Waals surface area contributed by atoms with Crippen LogP contribution in [-0.4, -0.2) is 4.57 Å². The maximum absolute atomic E-state index is 2.48. The van der Waals surface area contributed by atoms with Crippen LogP contribution in [0.3, 0.4) is 0 Å². The molecule has 0 bridgehead atoms. The molecule has 280 valence electrons. The van der Waals surface area contributed by atoms with Gasteiger partial charge in [0.25, 0.3) is 0 Å². The molecule has 1 aliphatic rings. The Kier molecular flexibility index (Phi) is 8.20. The molecule has 1 aliphatic carbocycles. The lowest BCUT2D eigenvalue weighted by Gasteiger charge is -2.26. The standard InChI is InChI=1S/C57H42N2/c1-57(2)52-38-44(30-37-48(52)51-20-13-23-55(56(51)57)59-53-21-11-9-18-49(53)50-19-10-12-22-54(50)59)43-28-35-47(36-29-43)58(45-31-24-41(25-32-45)39-14-5-3-6-15-39)46-33-26-42(27-34-46)40-16-7-4-8-17-40/h3-38H,1-2H3. The predicted octanol–water partition coefficient (Wildman–Crippen LogP) is 15.6. The number of anilines is 3. The molecule has 9 aromatic carbocycles. The molecular formula is C57H42N2. The van der Waals surface area contributed by atoms with Crippen molar-refractivity contribution in [1.29, 1.82) is 0 Å². The summed E-state index contributed by atoms with van der Waals surface area (Å²) in [7, 11) is 0. The summed E-state index contributed by atoms with van der Waals surface area (Å²) in [5.74, 6) is 0. The predicted molar refractivity (Wildman–Crippen MR) is 249 cm³/mol. The number of hydrogen-bond acceptors (Lipinski definition) is 1. The number of hydrogen-bond donors (Lipinski definition) is 0. The first-order chi connectivity index (χ1) is 29.0. The van der Waals surface area contributed by atoms with Crippen LogP contribution in [0.25, 0.3) is 72.0 Å². The fourth-order valence-corrected chi connectivity index (χ4v) is 9.52. The van der Waals surface area contributed by atoms with Crippen LogP contribution in [0.2, 0.25) is 0 Å². The van der Waals surface area contributed by atoms with Crippen molar-refractivity contribution in [2.24, 2.45) is 0 Å². The first-order valence-corrected chi connectivity index (χ1v) is 20.5. The molecular weight excluding hydrogens is 713 g/mol. The van der Waals surface area contributed by atoms with Gasteiger partial charge in [-0.3, -0.25) is 0 Å². The maximum Gasteiger partial charge on any atom is 0.0541 e. The summed E-state index contributed by atoms with van der Waals surface area (Å²) in [5, 5.41) is 2.57. The lowest BCUT2D eigenvalue weighted by atomic mass is 9.80. The second-order valence-corrected chi connectivity index (χ2v) is 16.2. The molecule has 0 atom stereocenters. The molecule has 0 amide bonds. The van der Waals surface area contributed by atoms with E-state index in [1.165, 1.54) is 83.1 Å². The van der Waals surface area contributed by atoms with Gasteiger partial charge >= 0.3 is 0 Å². The molecule has 59 heavy (non-hydrogen) atoms. The molecule has 0 fully saturated rings. The van der Waals surface area contributed by atoms with Gasteiger partial charge in [0.15, 0.2) is 0 Å². The number of para-hydroxylation sites is 2. The molecule has 10 aromatic rings. The zero-order valence-electron chi connectivity index (χ0n) is 33.2. The second kappa shape index (κ2) is 13.9. The zero-order chi connectivity index (χ0) is 39.5. The topological polar surface area (TPSA) is 8.17 Å². The van der Waals surface area contributed by atoms with E-state index >= 15 is 0 Å². The third-order valence-electron chi connectivity index (χ3n) is 12.4. The van der Waals surface area contributed by atoms with Crippen molar-refractivity contribution in [3.8, 4) is 50.2 Å². The largest absolute Gasteiger partial charge is 0.311 e. The number of fused-ring (bicyclic) bond motifs is 6. The van der Waals surface area contributed by atoms with Crippen molar-refractivity contribution in [3.05, 3.63) is 230 Å². The van der Waals surface area contributed by atoms with Gasteiger partial charge in [0.05, 0.1) is 16.7 Å². The summed E-state index contributed by atoms with van der Waals surface area (Å²) < 4.78 is 2.48. The Morgan fingerprint density at radius 3 is 1.29 bits per heavy atom. The summed E-state index contributed by atoms with van der Waals surface area (Å²) in [6.07, 6.45) is 0. The summed E-state index contributed by atoms with van der Waals surface area (Å²) in [5.41, 5.74) is 19.5. The Hall–Kier alpha value is -7.42. The monoisotopic (exact) mass is 754 g/mol. The highest BCUT2D eigenvalue weighted by molar-refractivity contribution is 6.09. The van der Waals surface area contributed by atoms with Crippen molar-refractivity contribution >= 4 is 38.9 Å². The summed E-state index contributed by atoms with van der Waals surface area (Å²) in [4.78, 5) is 2.35. The van der Waals surface area contributed by atoms with E-state index in [4.69, 9.17) is 0 Å². The van der Waals surface area contributed by atoms with E-state index in [0.717, 1.165) is 17.1 Å². The SMILES string of the molecule is CC1(C)c2cc(-c3ccc(N(c4ccc(-c5ccccc5)cc4)c4ccc(-c5ccccc5)cc4)cc3)ccc2-c2cccc(-n3c4ccccc4c4ccccc43)c21. The van der Waals surface area contributed by atoms with Crippen LogP contribution in [0.5, 0.6) is 0 Å². The van der Waals surface area contributed by atoms with Crippen molar-refractivity contribution < 1.29 is 0 Å². The average Bonchev–Trinajstić information content (AvgIpc) is 3.76. The lowest BCUT2D eigenvalue weighted by molar-refractivity contribution is 0.657. The van der Waals surface area contributed by atoms with Gasteiger partial charge in [-0.05, 0) is 116 Å². The molecule has 1 heterocycles. The Balaban J connectivity index is 0.962. The molecule has 2 nitrogen and oxygen atoms in total. The van der Waals surface area contributed by atoms with Crippen LogP contribution in [0.1, 0.15) is 25.0 Å².